The minimum absolute atomic E-state index is 0.0348. The number of hydrogen-bond donors (Lipinski definition) is 2. The molecule has 9 nitrogen and oxygen atoms in total. The number of primary amides is 1. The molecule has 1 aliphatic carbocycles. The van der Waals surface area contributed by atoms with Gasteiger partial charge in [0.2, 0.25) is 0 Å². The molecule has 4 aromatic rings. The lowest BCUT2D eigenvalue weighted by atomic mass is 10.0. The summed E-state index contributed by atoms with van der Waals surface area (Å²) in [5.41, 5.74) is 8.24. The number of nitrogens with two attached hydrogens (primary N) is 1. The number of aliphatic hydroxyl groups is 1. The van der Waals surface area contributed by atoms with Crippen LogP contribution in [0.5, 0.6) is 11.5 Å². The van der Waals surface area contributed by atoms with E-state index in [0.717, 1.165) is 5.56 Å². The van der Waals surface area contributed by atoms with Crippen LogP contribution in [0.25, 0.3) is 16.5 Å². The summed E-state index contributed by atoms with van der Waals surface area (Å²) < 4.78 is 13.5. The van der Waals surface area contributed by atoms with E-state index in [0.29, 0.717) is 57.8 Å². The van der Waals surface area contributed by atoms with Crippen LogP contribution in [0.15, 0.2) is 41.1 Å². The number of fused-ring (bicyclic) bond motifs is 2. The van der Waals surface area contributed by atoms with Crippen molar-refractivity contribution in [2.24, 2.45) is 5.73 Å². The minimum atomic E-state index is -0.545. The molecule has 2 aliphatic rings. The van der Waals surface area contributed by atoms with E-state index in [4.69, 9.17) is 14.9 Å². The van der Waals surface area contributed by atoms with Gasteiger partial charge in [-0.25, -0.2) is 4.52 Å². The van der Waals surface area contributed by atoms with Crippen molar-refractivity contribution in [3.05, 3.63) is 59.1 Å². The van der Waals surface area contributed by atoms with Crippen LogP contribution in [0.3, 0.4) is 0 Å². The number of nitrogens with zero attached hydrogens (tertiary/aromatic N) is 3. The van der Waals surface area contributed by atoms with Crippen LogP contribution in [0.1, 0.15) is 71.1 Å². The SMILES string of the molecule is C1CCC1.Cc1oc2cc(Oc3ccnn4cc(C(=O)N5CC(O)CC5C)c(C)c34)ccc2c1C(N)=O. The highest BCUT2D eigenvalue weighted by molar-refractivity contribution is 6.06. The molecule has 3 aromatic heterocycles. The number of amides is 2. The molecule has 1 saturated carbocycles. The van der Waals surface area contributed by atoms with Gasteiger partial charge in [0.25, 0.3) is 11.8 Å². The Bertz CT molecular complexity index is 1480. The van der Waals surface area contributed by atoms with Crippen LogP contribution in [0, 0.1) is 13.8 Å². The summed E-state index contributed by atoms with van der Waals surface area (Å²) >= 11 is 0. The van der Waals surface area contributed by atoms with E-state index in [-0.39, 0.29) is 11.9 Å². The van der Waals surface area contributed by atoms with Gasteiger partial charge in [0, 0.05) is 36.3 Å². The number of aromatic nitrogens is 2. The van der Waals surface area contributed by atoms with Crippen molar-refractivity contribution in [1.82, 2.24) is 14.5 Å². The maximum absolute atomic E-state index is 13.2. The molecular weight excluding hydrogens is 472 g/mol. The number of hydrogen-bond acceptors (Lipinski definition) is 6. The average Bonchev–Trinajstić information content (AvgIpc) is 3.43. The fourth-order valence-electron chi connectivity index (χ4n) is 4.91. The van der Waals surface area contributed by atoms with Crippen LogP contribution in [-0.4, -0.2) is 50.1 Å². The molecule has 37 heavy (non-hydrogen) atoms. The van der Waals surface area contributed by atoms with E-state index in [1.54, 1.807) is 53.0 Å². The van der Waals surface area contributed by atoms with Gasteiger partial charge in [-0.1, -0.05) is 25.7 Å². The second kappa shape index (κ2) is 9.89. The van der Waals surface area contributed by atoms with Gasteiger partial charge in [-0.2, -0.15) is 5.10 Å². The number of ether oxygens (including phenoxy) is 1. The van der Waals surface area contributed by atoms with Crippen LogP contribution in [-0.2, 0) is 0 Å². The molecule has 3 N–H and O–H groups in total. The van der Waals surface area contributed by atoms with Crippen LogP contribution >= 0.6 is 0 Å². The summed E-state index contributed by atoms with van der Waals surface area (Å²) in [6.07, 6.45) is 9.35. The van der Waals surface area contributed by atoms with E-state index in [9.17, 15) is 14.7 Å². The van der Waals surface area contributed by atoms with Gasteiger partial charge in [0.15, 0.2) is 5.75 Å². The van der Waals surface area contributed by atoms with Crippen molar-refractivity contribution < 1.29 is 23.8 Å². The highest BCUT2D eigenvalue weighted by atomic mass is 16.5. The van der Waals surface area contributed by atoms with Crippen molar-refractivity contribution >= 4 is 28.3 Å². The summed E-state index contributed by atoms with van der Waals surface area (Å²) in [5.74, 6) is 0.794. The highest BCUT2D eigenvalue weighted by Crippen LogP contribution is 2.34. The first kappa shape index (κ1) is 24.8. The molecule has 0 radical (unpaired) electrons. The summed E-state index contributed by atoms with van der Waals surface area (Å²) in [6.45, 7) is 5.79. The standard InChI is InChI=1S/C24H24N4O5.C4H8/c1-12-8-15(29)10-27(12)24(31)18-11-28-22(13(18)2)19(6-7-26-28)33-16-4-5-17-20(9-16)32-14(3)21(17)23(25)30;1-2-4-3-1/h4-7,9,11-12,15,29H,8,10H2,1-3H3,(H2,25,30);1-4H2. The van der Waals surface area contributed by atoms with E-state index < -0.39 is 12.0 Å². The molecule has 2 unspecified atom stereocenters. The van der Waals surface area contributed by atoms with Crippen molar-refractivity contribution in [3.63, 3.8) is 0 Å². The molecule has 1 aromatic carbocycles. The molecular formula is C28H32N4O5. The summed E-state index contributed by atoms with van der Waals surface area (Å²) in [5, 5.41) is 14.9. The average molecular weight is 505 g/mol. The Morgan fingerprint density at radius 1 is 1.16 bits per heavy atom. The van der Waals surface area contributed by atoms with Gasteiger partial charge in [0.05, 0.1) is 23.4 Å². The van der Waals surface area contributed by atoms with Crippen LogP contribution in [0.4, 0.5) is 0 Å². The fraction of sp³-hybridized carbons (Fsp3) is 0.393. The topological polar surface area (TPSA) is 123 Å². The molecule has 0 spiro atoms. The molecule has 194 valence electrons. The summed E-state index contributed by atoms with van der Waals surface area (Å²) in [7, 11) is 0. The Kier molecular flexibility index (Phi) is 6.64. The highest BCUT2D eigenvalue weighted by Gasteiger charge is 2.33. The van der Waals surface area contributed by atoms with Crippen molar-refractivity contribution in [3.8, 4) is 11.5 Å². The third kappa shape index (κ3) is 4.67. The number of carbonyl (C=O) groups is 2. The smallest absolute Gasteiger partial charge is 0.256 e. The van der Waals surface area contributed by atoms with Crippen molar-refractivity contribution in [2.45, 2.75) is 65.0 Å². The van der Waals surface area contributed by atoms with Gasteiger partial charge < -0.3 is 24.9 Å². The van der Waals surface area contributed by atoms with Gasteiger partial charge in [0.1, 0.15) is 22.6 Å². The number of carbonyl (C=O) groups excluding carboxylic acids is 2. The minimum Gasteiger partial charge on any atom is -0.460 e. The van der Waals surface area contributed by atoms with E-state index in [2.05, 4.69) is 5.10 Å². The van der Waals surface area contributed by atoms with E-state index in [1.807, 2.05) is 13.8 Å². The molecule has 0 bridgehead atoms. The Hall–Kier alpha value is -3.85. The van der Waals surface area contributed by atoms with Crippen molar-refractivity contribution in [2.75, 3.05) is 6.54 Å². The lowest BCUT2D eigenvalue weighted by molar-refractivity contribution is 0.0725. The number of rotatable bonds is 4. The second-order valence-electron chi connectivity index (χ2n) is 9.92. The van der Waals surface area contributed by atoms with E-state index >= 15 is 0 Å². The number of β-amino-alcohol motifs (C(OH)–C–C–N with tert-alkyl or cyclic N) is 1. The molecule has 1 saturated heterocycles. The number of likely N-dealkylation sites (tertiary alicyclic amines) is 1. The predicted molar refractivity (Wildman–Crippen MR) is 139 cm³/mol. The predicted octanol–water partition coefficient (Wildman–Crippen LogP) is 4.74. The maximum atomic E-state index is 13.2. The fourth-order valence-corrected chi connectivity index (χ4v) is 4.91. The van der Waals surface area contributed by atoms with E-state index in [1.165, 1.54) is 25.7 Å². The quantitative estimate of drug-likeness (QED) is 0.414. The molecule has 4 heterocycles. The van der Waals surface area contributed by atoms with Gasteiger partial charge >= 0.3 is 0 Å². The molecule has 2 atom stereocenters. The zero-order valence-electron chi connectivity index (χ0n) is 21.4. The van der Waals surface area contributed by atoms with Gasteiger partial charge in [-0.15, -0.1) is 0 Å². The van der Waals surface area contributed by atoms with Crippen LogP contribution in [0.2, 0.25) is 0 Å². The van der Waals surface area contributed by atoms with Crippen molar-refractivity contribution in [1.29, 1.82) is 0 Å². The second-order valence-corrected chi connectivity index (χ2v) is 9.92. The third-order valence-corrected chi connectivity index (χ3v) is 7.25. The first-order chi connectivity index (χ1) is 17.7. The number of aliphatic hydroxyl groups excluding tert-OH is 1. The maximum Gasteiger partial charge on any atom is 0.256 e. The Balaban J connectivity index is 0.000000640. The largest absolute Gasteiger partial charge is 0.460 e. The van der Waals surface area contributed by atoms with Gasteiger partial charge in [-0.3, -0.25) is 9.59 Å². The summed E-state index contributed by atoms with van der Waals surface area (Å²) in [6, 6.07) is 6.86. The number of furan rings is 1. The van der Waals surface area contributed by atoms with Crippen LogP contribution < -0.4 is 10.5 Å². The number of benzene rings is 1. The summed E-state index contributed by atoms with van der Waals surface area (Å²) in [4.78, 5) is 26.6. The molecule has 1 aliphatic heterocycles. The lowest BCUT2D eigenvalue weighted by Crippen LogP contribution is -2.34. The molecule has 6 rings (SSSR count). The zero-order chi connectivity index (χ0) is 26.3. The van der Waals surface area contributed by atoms with Gasteiger partial charge in [-0.05, 0) is 44.9 Å². The Morgan fingerprint density at radius 2 is 1.89 bits per heavy atom. The third-order valence-electron chi connectivity index (χ3n) is 7.25. The number of aryl methyl sites for hydroxylation is 2. The molecule has 9 heteroatoms. The first-order valence-electron chi connectivity index (χ1n) is 12.7. The first-order valence-corrected chi connectivity index (χ1v) is 12.7. The Morgan fingerprint density at radius 3 is 2.51 bits per heavy atom. The Labute approximate surface area is 214 Å². The lowest BCUT2D eigenvalue weighted by Gasteiger charge is -2.20. The molecule has 2 fully saturated rings. The molecule has 2 amide bonds. The normalized spacial score (nSPS) is 19.0. The zero-order valence-corrected chi connectivity index (χ0v) is 21.4. The monoisotopic (exact) mass is 504 g/mol.